The second-order valence-corrected chi connectivity index (χ2v) is 3.17. The van der Waals surface area contributed by atoms with E-state index in [1.807, 2.05) is 0 Å². The molecule has 2 aromatic heterocycles. The average molecular weight is 204 g/mol. The number of fused-ring (bicyclic) bond motifs is 1. The summed E-state index contributed by atoms with van der Waals surface area (Å²) in [5.41, 5.74) is 0.896. The second-order valence-electron chi connectivity index (χ2n) is 3.17. The van der Waals surface area contributed by atoms with Gasteiger partial charge < -0.3 is 9.67 Å². The van der Waals surface area contributed by atoms with Gasteiger partial charge in [-0.1, -0.05) is 0 Å². The van der Waals surface area contributed by atoms with E-state index >= 15 is 0 Å². The monoisotopic (exact) mass is 204 g/mol. The van der Waals surface area contributed by atoms with Crippen LogP contribution in [-0.2, 0) is 7.05 Å². The largest absolute Gasteiger partial charge is 0.476 e. The highest BCUT2D eigenvalue weighted by Gasteiger charge is 2.15. The molecule has 0 amide bonds. The number of aldehydes is 1. The van der Waals surface area contributed by atoms with Gasteiger partial charge in [-0.2, -0.15) is 0 Å². The standard InChI is InChI=1S/C10H8N2O3/c1-12-4-6(5-13)7-2-3-11-8(9(7)12)10(14)15/h2-5H,1H3,(H,14,15). The molecule has 1 N–H and O–H groups in total. The predicted molar refractivity (Wildman–Crippen MR) is 53.1 cm³/mol. The number of rotatable bonds is 2. The summed E-state index contributed by atoms with van der Waals surface area (Å²) in [4.78, 5) is 25.4. The normalized spacial score (nSPS) is 10.5. The van der Waals surface area contributed by atoms with Crippen LogP contribution in [0.5, 0.6) is 0 Å². The highest BCUT2D eigenvalue weighted by molar-refractivity contribution is 6.05. The highest BCUT2D eigenvalue weighted by atomic mass is 16.4. The lowest BCUT2D eigenvalue weighted by Gasteiger charge is -1.99. The average Bonchev–Trinajstić information content (AvgIpc) is 2.55. The van der Waals surface area contributed by atoms with Gasteiger partial charge in [-0.15, -0.1) is 0 Å². The van der Waals surface area contributed by atoms with Gasteiger partial charge in [-0.05, 0) is 6.07 Å². The van der Waals surface area contributed by atoms with Crippen LogP contribution in [0.1, 0.15) is 20.8 Å². The number of carbonyl (C=O) groups excluding carboxylic acids is 1. The van der Waals surface area contributed by atoms with Crippen LogP contribution in [0.2, 0.25) is 0 Å². The molecule has 0 aliphatic heterocycles. The maximum absolute atomic E-state index is 10.9. The number of hydrogen-bond donors (Lipinski definition) is 1. The number of aromatic carboxylic acids is 1. The van der Waals surface area contributed by atoms with Crippen molar-refractivity contribution in [3.63, 3.8) is 0 Å². The molecule has 0 unspecified atom stereocenters. The molecular weight excluding hydrogens is 196 g/mol. The van der Waals surface area contributed by atoms with E-state index in [2.05, 4.69) is 4.98 Å². The third kappa shape index (κ3) is 1.28. The molecule has 0 radical (unpaired) electrons. The quantitative estimate of drug-likeness (QED) is 0.743. The zero-order valence-corrected chi connectivity index (χ0v) is 7.97. The van der Waals surface area contributed by atoms with E-state index in [-0.39, 0.29) is 5.69 Å². The first-order valence-electron chi connectivity index (χ1n) is 4.27. The molecule has 0 saturated carbocycles. The maximum Gasteiger partial charge on any atom is 0.356 e. The lowest BCUT2D eigenvalue weighted by Crippen LogP contribution is -2.03. The lowest BCUT2D eigenvalue weighted by atomic mass is 10.2. The van der Waals surface area contributed by atoms with Crippen molar-refractivity contribution in [1.82, 2.24) is 9.55 Å². The van der Waals surface area contributed by atoms with Gasteiger partial charge in [0.1, 0.15) is 0 Å². The van der Waals surface area contributed by atoms with Crippen molar-refractivity contribution < 1.29 is 14.7 Å². The Balaban J connectivity index is 2.92. The molecule has 76 valence electrons. The topological polar surface area (TPSA) is 72.2 Å². The molecule has 0 aliphatic rings. The molecule has 0 aliphatic carbocycles. The van der Waals surface area contributed by atoms with Crippen molar-refractivity contribution in [1.29, 1.82) is 0 Å². The summed E-state index contributed by atoms with van der Waals surface area (Å²) in [5, 5.41) is 9.54. The molecule has 5 heteroatoms. The fraction of sp³-hybridized carbons (Fsp3) is 0.100. The minimum Gasteiger partial charge on any atom is -0.476 e. The molecule has 0 bridgehead atoms. The number of hydrogen-bond acceptors (Lipinski definition) is 3. The summed E-state index contributed by atoms with van der Waals surface area (Å²) in [6.45, 7) is 0. The van der Waals surface area contributed by atoms with Crippen LogP contribution >= 0.6 is 0 Å². The summed E-state index contributed by atoms with van der Waals surface area (Å²) < 4.78 is 1.59. The number of aromatic nitrogens is 2. The Bertz CT molecular complexity index is 557. The van der Waals surface area contributed by atoms with Crippen LogP contribution in [-0.4, -0.2) is 26.9 Å². The van der Waals surface area contributed by atoms with E-state index in [0.29, 0.717) is 22.8 Å². The summed E-state index contributed by atoms with van der Waals surface area (Å²) in [6.07, 6.45) is 3.68. The zero-order chi connectivity index (χ0) is 11.0. The third-order valence-corrected chi connectivity index (χ3v) is 2.25. The van der Waals surface area contributed by atoms with Crippen molar-refractivity contribution >= 4 is 23.2 Å². The second kappa shape index (κ2) is 3.20. The number of nitrogens with zero attached hydrogens (tertiary/aromatic N) is 2. The molecule has 2 aromatic rings. The Morgan fingerprint density at radius 3 is 2.93 bits per heavy atom. The first-order chi connectivity index (χ1) is 7.15. The maximum atomic E-state index is 10.9. The molecule has 2 heterocycles. The van der Waals surface area contributed by atoms with Gasteiger partial charge in [0.15, 0.2) is 12.0 Å². The fourth-order valence-corrected chi connectivity index (χ4v) is 1.64. The Labute approximate surface area is 85.0 Å². The van der Waals surface area contributed by atoms with Gasteiger partial charge in [-0.3, -0.25) is 4.79 Å². The van der Waals surface area contributed by atoms with Crippen molar-refractivity contribution in [2.45, 2.75) is 0 Å². The highest BCUT2D eigenvalue weighted by Crippen LogP contribution is 2.21. The minimum absolute atomic E-state index is 0.0388. The van der Waals surface area contributed by atoms with Crippen LogP contribution in [0, 0.1) is 0 Å². The van der Waals surface area contributed by atoms with Crippen molar-refractivity contribution in [3.05, 3.63) is 29.7 Å². The fourth-order valence-electron chi connectivity index (χ4n) is 1.64. The first-order valence-corrected chi connectivity index (χ1v) is 4.27. The molecule has 0 atom stereocenters. The molecule has 15 heavy (non-hydrogen) atoms. The number of pyridine rings is 1. The summed E-state index contributed by atoms with van der Waals surface area (Å²) >= 11 is 0. The Hall–Kier alpha value is -2.17. The van der Waals surface area contributed by atoms with E-state index in [9.17, 15) is 9.59 Å². The smallest absolute Gasteiger partial charge is 0.356 e. The van der Waals surface area contributed by atoms with Crippen LogP contribution in [0.4, 0.5) is 0 Å². The third-order valence-electron chi connectivity index (χ3n) is 2.25. The number of aryl methyl sites for hydroxylation is 1. The van der Waals surface area contributed by atoms with Crippen LogP contribution < -0.4 is 0 Å². The molecular formula is C10H8N2O3. The van der Waals surface area contributed by atoms with Crippen molar-refractivity contribution in [3.8, 4) is 0 Å². The van der Waals surface area contributed by atoms with Crippen molar-refractivity contribution in [2.75, 3.05) is 0 Å². The van der Waals surface area contributed by atoms with Crippen molar-refractivity contribution in [2.24, 2.45) is 7.05 Å². The van der Waals surface area contributed by atoms with E-state index < -0.39 is 5.97 Å². The predicted octanol–water partition coefficient (Wildman–Crippen LogP) is 1.08. The molecule has 0 fully saturated rings. The van der Waals surface area contributed by atoms with Gasteiger partial charge in [-0.25, -0.2) is 9.78 Å². The Kier molecular flexibility index (Phi) is 2.00. The van der Waals surface area contributed by atoms with Crippen LogP contribution in [0.15, 0.2) is 18.5 Å². The molecule has 0 spiro atoms. The lowest BCUT2D eigenvalue weighted by molar-refractivity contribution is 0.0692. The molecule has 0 saturated heterocycles. The summed E-state index contributed by atoms with van der Waals surface area (Å²) in [7, 11) is 1.68. The Morgan fingerprint density at radius 1 is 1.60 bits per heavy atom. The molecule has 0 aromatic carbocycles. The van der Waals surface area contributed by atoms with Gasteiger partial charge in [0, 0.05) is 30.4 Å². The summed E-state index contributed by atoms with van der Waals surface area (Å²) in [6, 6.07) is 1.63. The molecule has 2 rings (SSSR count). The Morgan fingerprint density at radius 2 is 2.33 bits per heavy atom. The summed E-state index contributed by atoms with van der Waals surface area (Å²) in [5.74, 6) is -1.10. The van der Waals surface area contributed by atoms with Gasteiger partial charge >= 0.3 is 5.97 Å². The molecule has 5 nitrogen and oxygen atoms in total. The number of carboxylic acid groups (broad SMARTS) is 1. The number of carboxylic acids is 1. The SMILES string of the molecule is Cn1cc(C=O)c2ccnc(C(=O)O)c21. The first kappa shape index (κ1) is 9.39. The van der Waals surface area contributed by atoms with E-state index in [4.69, 9.17) is 5.11 Å². The minimum atomic E-state index is -1.10. The van der Waals surface area contributed by atoms with Gasteiger partial charge in [0.05, 0.1) is 5.52 Å². The van der Waals surface area contributed by atoms with Crippen LogP contribution in [0.25, 0.3) is 10.9 Å². The van der Waals surface area contributed by atoms with E-state index in [1.165, 1.54) is 6.20 Å². The van der Waals surface area contributed by atoms with Gasteiger partial charge in [0.25, 0.3) is 0 Å². The zero-order valence-electron chi connectivity index (χ0n) is 7.97. The van der Waals surface area contributed by atoms with E-state index in [1.54, 1.807) is 23.9 Å². The van der Waals surface area contributed by atoms with Gasteiger partial charge in [0.2, 0.25) is 0 Å². The van der Waals surface area contributed by atoms with Crippen LogP contribution in [0.3, 0.4) is 0 Å². The van der Waals surface area contributed by atoms with E-state index in [0.717, 1.165) is 0 Å². The number of carbonyl (C=O) groups is 2.